The summed E-state index contributed by atoms with van der Waals surface area (Å²) >= 11 is 0. The van der Waals surface area contributed by atoms with Crippen LogP contribution in [0.4, 0.5) is 0 Å². The molecule has 0 saturated heterocycles. The van der Waals surface area contributed by atoms with Gasteiger partial charge in [0.05, 0.1) is 30.2 Å². The van der Waals surface area contributed by atoms with E-state index < -0.39 is 0 Å². The Kier molecular flexibility index (Phi) is 5.53. The first-order valence-electron chi connectivity index (χ1n) is 10.2. The Labute approximate surface area is 170 Å². The number of H-pyrrole nitrogens is 1. The van der Waals surface area contributed by atoms with E-state index >= 15 is 0 Å². The SMILES string of the molecule is CC(NC(c1ccc2c(c1)OCCCO2)C(C)C)c1nc2ccccc2c(=O)[nH]1. The highest BCUT2D eigenvalue weighted by molar-refractivity contribution is 5.77. The van der Waals surface area contributed by atoms with E-state index in [2.05, 4.69) is 41.3 Å². The van der Waals surface area contributed by atoms with Crippen molar-refractivity contribution in [3.05, 3.63) is 64.2 Å². The zero-order chi connectivity index (χ0) is 20.4. The van der Waals surface area contributed by atoms with Gasteiger partial charge in [-0.1, -0.05) is 32.0 Å². The molecule has 4 rings (SSSR count). The molecule has 0 saturated carbocycles. The number of ether oxygens (including phenoxy) is 2. The number of aromatic amines is 1. The molecule has 2 heterocycles. The molecule has 2 atom stereocenters. The minimum absolute atomic E-state index is 0.0684. The van der Waals surface area contributed by atoms with Crippen molar-refractivity contribution in [3.63, 3.8) is 0 Å². The molecule has 0 spiro atoms. The number of nitrogens with zero attached hydrogens (tertiary/aromatic N) is 1. The van der Waals surface area contributed by atoms with Gasteiger partial charge in [-0.25, -0.2) is 4.98 Å². The first kappa shape index (κ1) is 19.5. The van der Waals surface area contributed by atoms with Gasteiger partial charge in [-0.05, 0) is 42.7 Å². The van der Waals surface area contributed by atoms with Crippen LogP contribution in [0.2, 0.25) is 0 Å². The van der Waals surface area contributed by atoms with Crippen molar-refractivity contribution in [2.75, 3.05) is 13.2 Å². The number of para-hydroxylation sites is 1. The largest absolute Gasteiger partial charge is 0.490 e. The van der Waals surface area contributed by atoms with Crippen molar-refractivity contribution < 1.29 is 9.47 Å². The van der Waals surface area contributed by atoms with E-state index in [1.807, 2.05) is 31.2 Å². The van der Waals surface area contributed by atoms with E-state index in [9.17, 15) is 4.79 Å². The molecule has 29 heavy (non-hydrogen) atoms. The zero-order valence-electron chi connectivity index (χ0n) is 17.1. The van der Waals surface area contributed by atoms with Crippen molar-refractivity contribution in [2.24, 2.45) is 5.92 Å². The highest BCUT2D eigenvalue weighted by Gasteiger charge is 2.22. The molecule has 2 aromatic carbocycles. The van der Waals surface area contributed by atoms with Gasteiger partial charge in [0.25, 0.3) is 5.56 Å². The third-order valence-electron chi connectivity index (χ3n) is 5.27. The fraction of sp³-hybridized carbons (Fsp3) is 0.391. The van der Waals surface area contributed by atoms with E-state index in [4.69, 9.17) is 9.47 Å². The Morgan fingerprint density at radius 1 is 1.03 bits per heavy atom. The molecule has 2 unspecified atom stereocenters. The molecule has 0 radical (unpaired) electrons. The van der Waals surface area contributed by atoms with Gasteiger partial charge in [0.15, 0.2) is 11.5 Å². The van der Waals surface area contributed by atoms with E-state index in [1.165, 1.54) is 0 Å². The fourth-order valence-electron chi connectivity index (χ4n) is 3.70. The summed E-state index contributed by atoms with van der Waals surface area (Å²) in [6.07, 6.45) is 0.883. The molecule has 1 aliphatic rings. The van der Waals surface area contributed by atoms with Crippen LogP contribution in [0.15, 0.2) is 47.3 Å². The van der Waals surface area contributed by atoms with E-state index in [0.717, 1.165) is 23.5 Å². The first-order valence-corrected chi connectivity index (χ1v) is 10.2. The lowest BCUT2D eigenvalue weighted by Crippen LogP contribution is -2.30. The Morgan fingerprint density at radius 3 is 2.59 bits per heavy atom. The van der Waals surface area contributed by atoms with E-state index in [-0.39, 0.29) is 17.6 Å². The highest BCUT2D eigenvalue weighted by Crippen LogP contribution is 2.34. The molecule has 6 nitrogen and oxygen atoms in total. The summed E-state index contributed by atoms with van der Waals surface area (Å²) in [5.74, 6) is 2.54. The minimum atomic E-state index is -0.129. The van der Waals surface area contributed by atoms with E-state index in [1.54, 1.807) is 6.07 Å². The summed E-state index contributed by atoms with van der Waals surface area (Å²) < 4.78 is 11.6. The average Bonchev–Trinajstić information content (AvgIpc) is 2.96. The predicted molar refractivity (Wildman–Crippen MR) is 114 cm³/mol. The number of fused-ring (bicyclic) bond motifs is 2. The molecule has 0 fully saturated rings. The molecule has 0 bridgehead atoms. The predicted octanol–water partition coefficient (Wildman–Crippen LogP) is 4.13. The second-order valence-corrected chi connectivity index (χ2v) is 7.84. The minimum Gasteiger partial charge on any atom is -0.490 e. The van der Waals surface area contributed by atoms with Gasteiger partial charge in [-0.15, -0.1) is 0 Å². The van der Waals surface area contributed by atoms with Crippen LogP contribution in [0.3, 0.4) is 0 Å². The third-order valence-corrected chi connectivity index (χ3v) is 5.27. The summed E-state index contributed by atoms with van der Waals surface area (Å²) in [6, 6.07) is 13.5. The van der Waals surface area contributed by atoms with Gasteiger partial charge in [-0.2, -0.15) is 0 Å². The van der Waals surface area contributed by atoms with Crippen LogP contribution in [-0.4, -0.2) is 23.2 Å². The Hall–Kier alpha value is -2.86. The zero-order valence-corrected chi connectivity index (χ0v) is 17.1. The first-order chi connectivity index (χ1) is 14.0. The lowest BCUT2D eigenvalue weighted by atomic mass is 9.94. The van der Waals surface area contributed by atoms with Gasteiger partial charge in [0.2, 0.25) is 0 Å². The maximum Gasteiger partial charge on any atom is 0.258 e. The lowest BCUT2D eigenvalue weighted by Gasteiger charge is -2.27. The highest BCUT2D eigenvalue weighted by atomic mass is 16.5. The van der Waals surface area contributed by atoms with Crippen molar-refractivity contribution in [1.29, 1.82) is 0 Å². The smallest absolute Gasteiger partial charge is 0.258 e. The van der Waals surface area contributed by atoms with Crippen LogP contribution >= 0.6 is 0 Å². The second-order valence-electron chi connectivity index (χ2n) is 7.84. The van der Waals surface area contributed by atoms with Crippen LogP contribution in [0.25, 0.3) is 10.9 Å². The van der Waals surface area contributed by atoms with Gasteiger partial charge in [0.1, 0.15) is 5.82 Å². The molecule has 1 aliphatic heterocycles. The molecule has 1 aromatic heterocycles. The number of benzene rings is 2. The monoisotopic (exact) mass is 393 g/mol. The number of nitrogens with one attached hydrogen (secondary N) is 2. The number of hydrogen-bond acceptors (Lipinski definition) is 5. The normalized spacial score (nSPS) is 15.9. The van der Waals surface area contributed by atoms with Crippen molar-refractivity contribution >= 4 is 10.9 Å². The second kappa shape index (κ2) is 8.25. The molecule has 152 valence electrons. The quantitative estimate of drug-likeness (QED) is 0.682. The standard InChI is InChI=1S/C23H27N3O3/c1-14(2)21(16-9-10-19-20(13-16)29-12-6-11-28-19)24-15(3)22-25-18-8-5-4-7-17(18)23(27)26-22/h4-5,7-10,13-15,21,24H,6,11-12H2,1-3H3,(H,25,26,27). The average molecular weight is 393 g/mol. The molecule has 0 aliphatic carbocycles. The Balaban J connectivity index is 1.62. The maximum absolute atomic E-state index is 12.4. The summed E-state index contributed by atoms with van der Waals surface area (Å²) in [4.78, 5) is 20.0. The van der Waals surface area contributed by atoms with Crippen molar-refractivity contribution in [3.8, 4) is 11.5 Å². The number of rotatable bonds is 5. The van der Waals surface area contributed by atoms with Crippen molar-refractivity contribution in [2.45, 2.75) is 39.3 Å². The lowest BCUT2D eigenvalue weighted by molar-refractivity contribution is 0.296. The van der Waals surface area contributed by atoms with Gasteiger partial charge < -0.3 is 19.8 Å². The fourth-order valence-corrected chi connectivity index (χ4v) is 3.70. The molecule has 3 aromatic rings. The number of aromatic nitrogens is 2. The summed E-state index contributed by atoms with van der Waals surface area (Å²) in [6.45, 7) is 7.70. The summed E-state index contributed by atoms with van der Waals surface area (Å²) in [5.41, 5.74) is 1.71. The van der Waals surface area contributed by atoms with E-state index in [0.29, 0.717) is 35.9 Å². The molecular weight excluding hydrogens is 366 g/mol. The van der Waals surface area contributed by atoms with Crippen LogP contribution in [0.5, 0.6) is 11.5 Å². The van der Waals surface area contributed by atoms with Gasteiger partial charge >= 0.3 is 0 Å². The third kappa shape index (κ3) is 4.12. The summed E-state index contributed by atoms with van der Waals surface area (Å²) in [5, 5.41) is 4.24. The van der Waals surface area contributed by atoms with Gasteiger partial charge in [0, 0.05) is 12.5 Å². The topological polar surface area (TPSA) is 76.2 Å². The van der Waals surface area contributed by atoms with Gasteiger partial charge in [-0.3, -0.25) is 4.79 Å². The Morgan fingerprint density at radius 2 is 1.79 bits per heavy atom. The molecular formula is C23H27N3O3. The van der Waals surface area contributed by atoms with Crippen LogP contribution in [0, 0.1) is 5.92 Å². The number of hydrogen-bond donors (Lipinski definition) is 2. The molecule has 0 amide bonds. The molecule has 2 N–H and O–H groups in total. The van der Waals surface area contributed by atoms with Crippen LogP contribution in [-0.2, 0) is 0 Å². The molecule has 6 heteroatoms. The maximum atomic E-state index is 12.4. The van der Waals surface area contributed by atoms with Crippen LogP contribution < -0.4 is 20.3 Å². The Bertz CT molecular complexity index is 1060. The summed E-state index contributed by atoms with van der Waals surface area (Å²) in [7, 11) is 0. The van der Waals surface area contributed by atoms with Crippen molar-refractivity contribution in [1.82, 2.24) is 15.3 Å². The van der Waals surface area contributed by atoms with Crippen LogP contribution in [0.1, 0.15) is 50.7 Å².